The molecule has 0 aliphatic rings. The van der Waals surface area contributed by atoms with Crippen molar-refractivity contribution in [1.29, 1.82) is 0 Å². The second-order valence-electron chi connectivity index (χ2n) is 3.27. The van der Waals surface area contributed by atoms with Crippen LogP contribution in [0, 0.1) is 0 Å². The first-order chi connectivity index (χ1) is 7.02. The van der Waals surface area contributed by atoms with Crippen LogP contribution in [-0.2, 0) is 0 Å². The van der Waals surface area contributed by atoms with Crippen molar-refractivity contribution in [2.24, 2.45) is 5.73 Å². The highest BCUT2D eigenvalue weighted by Crippen LogP contribution is 2.19. The van der Waals surface area contributed by atoms with Crippen LogP contribution in [0.5, 0.6) is 0 Å². The van der Waals surface area contributed by atoms with E-state index in [0.29, 0.717) is 17.1 Å². The van der Waals surface area contributed by atoms with Crippen LogP contribution in [0.4, 0.5) is 0 Å². The summed E-state index contributed by atoms with van der Waals surface area (Å²) in [7, 11) is 0. The molecule has 0 saturated carbocycles. The first-order valence-corrected chi connectivity index (χ1v) is 5.67. The smallest absolute Gasteiger partial charge is 0.251 e. The molecule has 5 heteroatoms. The van der Waals surface area contributed by atoms with Crippen LogP contribution in [0.15, 0.2) is 22.7 Å². The Labute approximate surface area is 102 Å². The van der Waals surface area contributed by atoms with Crippen molar-refractivity contribution in [3.05, 3.63) is 33.3 Å². The monoisotopic (exact) mass is 290 g/mol. The van der Waals surface area contributed by atoms with Crippen molar-refractivity contribution in [2.45, 2.75) is 13.0 Å². The fraction of sp³-hybridized carbons (Fsp3) is 0.300. The van der Waals surface area contributed by atoms with Crippen molar-refractivity contribution in [1.82, 2.24) is 5.32 Å². The minimum Gasteiger partial charge on any atom is -0.348 e. The summed E-state index contributed by atoms with van der Waals surface area (Å²) in [6.07, 6.45) is 0. The van der Waals surface area contributed by atoms with Gasteiger partial charge < -0.3 is 11.1 Å². The zero-order valence-corrected chi connectivity index (χ0v) is 10.6. The van der Waals surface area contributed by atoms with Crippen LogP contribution >= 0.6 is 27.5 Å². The Balaban J connectivity index is 2.82. The molecular weight excluding hydrogens is 279 g/mol. The number of nitrogens with one attached hydrogen (secondary N) is 1. The number of benzene rings is 1. The van der Waals surface area contributed by atoms with Crippen LogP contribution in [0.25, 0.3) is 0 Å². The molecule has 0 fully saturated rings. The third kappa shape index (κ3) is 3.81. The number of hydrogen-bond acceptors (Lipinski definition) is 2. The molecule has 0 unspecified atom stereocenters. The average molecular weight is 292 g/mol. The Hall–Kier alpha value is -0.580. The van der Waals surface area contributed by atoms with E-state index in [9.17, 15) is 4.79 Å². The largest absolute Gasteiger partial charge is 0.348 e. The van der Waals surface area contributed by atoms with Crippen LogP contribution in [0.2, 0.25) is 5.02 Å². The van der Waals surface area contributed by atoms with Gasteiger partial charge in [-0.1, -0.05) is 27.5 Å². The Kier molecular flexibility index (Phi) is 4.57. The summed E-state index contributed by atoms with van der Waals surface area (Å²) in [5.74, 6) is -0.170. The molecule has 3 nitrogen and oxygen atoms in total. The van der Waals surface area contributed by atoms with Crippen molar-refractivity contribution in [3.8, 4) is 0 Å². The molecule has 0 aliphatic heterocycles. The van der Waals surface area contributed by atoms with Gasteiger partial charge in [0.15, 0.2) is 0 Å². The van der Waals surface area contributed by atoms with Gasteiger partial charge in [-0.2, -0.15) is 0 Å². The lowest BCUT2D eigenvalue weighted by Gasteiger charge is -2.11. The number of rotatable bonds is 3. The summed E-state index contributed by atoms with van der Waals surface area (Å²) in [5.41, 5.74) is 5.93. The predicted octanol–water partition coefficient (Wildman–Crippen LogP) is 2.18. The highest BCUT2D eigenvalue weighted by molar-refractivity contribution is 9.10. The molecule has 0 aliphatic carbocycles. The lowest BCUT2D eigenvalue weighted by molar-refractivity contribution is 0.0941. The van der Waals surface area contributed by atoms with Gasteiger partial charge in [0.25, 0.3) is 5.91 Å². The molecule has 0 heterocycles. The first kappa shape index (κ1) is 12.5. The van der Waals surface area contributed by atoms with E-state index >= 15 is 0 Å². The zero-order valence-electron chi connectivity index (χ0n) is 8.26. The van der Waals surface area contributed by atoms with Gasteiger partial charge in [-0.3, -0.25) is 4.79 Å². The number of nitrogens with two attached hydrogens (primary N) is 1. The normalized spacial score (nSPS) is 12.3. The van der Waals surface area contributed by atoms with Crippen molar-refractivity contribution in [2.75, 3.05) is 6.54 Å². The summed E-state index contributed by atoms with van der Waals surface area (Å²) in [4.78, 5) is 11.7. The molecule has 15 heavy (non-hydrogen) atoms. The van der Waals surface area contributed by atoms with Crippen LogP contribution in [0.1, 0.15) is 17.3 Å². The van der Waals surface area contributed by atoms with Gasteiger partial charge in [0.2, 0.25) is 0 Å². The third-order valence-corrected chi connectivity index (χ3v) is 2.53. The lowest BCUT2D eigenvalue weighted by atomic mass is 10.2. The maximum absolute atomic E-state index is 11.7. The minimum atomic E-state index is -0.170. The third-order valence-electron chi connectivity index (χ3n) is 1.86. The van der Waals surface area contributed by atoms with E-state index in [2.05, 4.69) is 21.2 Å². The van der Waals surface area contributed by atoms with Gasteiger partial charge in [0.05, 0.1) is 0 Å². The van der Waals surface area contributed by atoms with Gasteiger partial charge in [-0.25, -0.2) is 0 Å². The van der Waals surface area contributed by atoms with Crippen molar-refractivity contribution in [3.63, 3.8) is 0 Å². The predicted molar refractivity (Wildman–Crippen MR) is 65.1 cm³/mol. The Bertz CT molecular complexity index is 350. The summed E-state index contributed by atoms with van der Waals surface area (Å²) < 4.78 is 0.778. The van der Waals surface area contributed by atoms with E-state index < -0.39 is 0 Å². The van der Waals surface area contributed by atoms with Crippen molar-refractivity contribution >= 4 is 33.4 Å². The first-order valence-electron chi connectivity index (χ1n) is 4.50. The van der Waals surface area contributed by atoms with E-state index in [4.69, 9.17) is 17.3 Å². The fourth-order valence-electron chi connectivity index (χ4n) is 1.05. The molecule has 1 amide bonds. The SMILES string of the molecule is C[C@H](CN)NC(=O)c1cc(Cl)cc(Br)c1. The number of carbonyl (C=O) groups is 1. The number of carbonyl (C=O) groups excluding carboxylic acids is 1. The Morgan fingerprint density at radius 2 is 2.27 bits per heavy atom. The van der Waals surface area contributed by atoms with Crippen LogP contribution in [0.3, 0.4) is 0 Å². The molecule has 0 spiro atoms. The highest BCUT2D eigenvalue weighted by Gasteiger charge is 2.09. The van der Waals surface area contributed by atoms with E-state index in [1.54, 1.807) is 18.2 Å². The summed E-state index contributed by atoms with van der Waals surface area (Å²) in [6, 6.07) is 5.01. The second kappa shape index (κ2) is 5.49. The average Bonchev–Trinajstić information content (AvgIpc) is 2.16. The number of halogens is 2. The minimum absolute atomic E-state index is 0.0461. The maximum Gasteiger partial charge on any atom is 0.251 e. The molecular formula is C10H12BrClN2O. The van der Waals surface area contributed by atoms with Gasteiger partial charge >= 0.3 is 0 Å². The number of amides is 1. The van der Waals surface area contributed by atoms with Crippen LogP contribution in [-0.4, -0.2) is 18.5 Å². The Morgan fingerprint density at radius 3 is 2.80 bits per heavy atom. The number of hydrogen-bond donors (Lipinski definition) is 2. The molecule has 1 aromatic carbocycles. The van der Waals surface area contributed by atoms with E-state index in [1.165, 1.54) is 0 Å². The summed E-state index contributed by atoms with van der Waals surface area (Å²) >= 11 is 9.11. The van der Waals surface area contributed by atoms with Gasteiger partial charge in [0, 0.05) is 27.6 Å². The van der Waals surface area contributed by atoms with E-state index in [-0.39, 0.29) is 11.9 Å². The molecule has 1 atom stereocenters. The zero-order chi connectivity index (χ0) is 11.4. The molecule has 0 aromatic heterocycles. The molecule has 0 bridgehead atoms. The highest BCUT2D eigenvalue weighted by atomic mass is 79.9. The molecule has 1 aromatic rings. The van der Waals surface area contributed by atoms with Gasteiger partial charge in [0.1, 0.15) is 0 Å². The second-order valence-corrected chi connectivity index (χ2v) is 4.62. The lowest BCUT2D eigenvalue weighted by Crippen LogP contribution is -2.37. The maximum atomic E-state index is 11.7. The molecule has 1 rings (SSSR count). The molecule has 3 N–H and O–H groups in total. The molecule has 0 radical (unpaired) electrons. The summed E-state index contributed by atoms with van der Waals surface area (Å²) in [6.45, 7) is 2.25. The summed E-state index contributed by atoms with van der Waals surface area (Å²) in [5, 5.41) is 3.28. The molecule has 0 saturated heterocycles. The fourth-order valence-corrected chi connectivity index (χ4v) is 1.91. The van der Waals surface area contributed by atoms with Crippen LogP contribution < -0.4 is 11.1 Å². The van der Waals surface area contributed by atoms with E-state index in [0.717, 1.165) is 4.47 Å². The topological polar surface area (TPSA) is 55.1 Å². The van der Waals surface area contributed by atoms with Gasteiger partial charge in [-0.15, -0.1) is 0 Å². The Morgan fingerprint density at radius 1 is 1.60 bits per heavy atom. The molecule has 82 valence electrons. The van der Waals surface area contributed by atoms with Gasteiger partial charge in [-0.05, 0) is 25.1 Å². The quantitative estimate of drug-likeness (QED) is 0.897. The standard InChI is InChI=1S/C10H12BrClN2O/c1-6(5-13)14-10(15)7-2-8(11)4-9(12)3-7/h2-4,6H,5,13H2,1H3,(H,14,15)/t6-/m1/s1. The van der Waals surface area contributed by atoms with E-state index in [1.807, 2.05) is 6.92 Å². The van der Waals surface area contributed by atoms with Crippen molar-refractivity contribution < 1.29 is 4.79 Å².